The topological polar surface area (TPSA) is 69.9 Å². The summed E-state index contributed by atoms with van der Waals surface area (Å²) in [4.78, 5) is 15.6. The fourth-order valence-corrected chi connectivity index (χ4v) is 8.55. The molecule has 0 fully saturated rings. The molecular weight excluding hydrogens is 701 g/mol. The zero-order valence-electron chi connectivity index (χ0n) is 30.4. The lowest BCUT2D eigenvalue weighted by molar-refractivity contribution is 0.666. The summed E-state index contributed by atoms with van der Waals surface area (Å²) in [7, 11) is 0. The van der Waals surface area contributed by atoms with Gasteiger partial charge in [-0.1, -0.05) is 140 Å². The van der Waals surface area contributed by atoms with E-state index in [4.69, 9.17) is 23.8 Å². The van der Waals surface area contributed by atoms with Crippen molar-refractivity contribution in [1.29, 1.82) is 0 Å². The van der Waals surface area contributed by atoms with Crippen molar-refractivity contribution < 1.29 is 8.83 Å². The molecule has 0 saturated heterocycles. The number of nitrogens with zero attached hydrogens (tertiary/aromatic N) is 4. The summed E-state index contributed by atoms with van der Waals surface area (Å²) in [5.74, 6) is 1.69. The molecule has 0 N–H and O–H groups in total. The fraction of sp³-hybridized carbons (Fsp3) is 0. The normalized spacial score (nSPS) is 11.9. The van der Waals surface area contributed by atoms with Crippen molar-refractivity contribution in [1.82, 2.24) is 19.5 Å². The van der Waals surface area contributed by atoms with Crippen LogP contribution in [0.3, 0.4) is 0 Å². The van der Waals surface area contributed by atoms with Crippen LogP contribution in [0, 0.1) is 0 Å². The van der Waals surface area contributed by atoms with Gasteiger partial charge in [-0.2, -0.15) is 0 Å². The van der Waals surface area contributed by atoms with Gasteiger partial charge >= 0.3 is 0 Å². The first-order valence-corrected chi connectivity index (χ1v) is 19.0. The maximum atomic E-state index is 6.83. The lowest BCUT2D eigenvalue weighted by Crippen LogP contribution is -2.00. The Morgan fingerprint density at radius 1 is 0.351 bits per heavy atom. The Labute approximate surface area is 325 Å². The quantitative estimate of drug-likeness (QED) is 0.176. The third-order valence-electron chi connectivity index (χ3n) is 11.1. The molecule has 6 nitrogen and oxygen atoms in total. The van der Waals surface area contributed by atoms with Crippen molar-refractivity contribution in [3.05, 3.63) is 182 Å². The highest BCUT2D eigenvalue weighted by atomic mass is 16.3. The first-order valence-electron chi connectivity index (χ1n) is 19.0. The van der Waals surface area contributed by atoms with Crippen molar-refractivity contribution in [3.63, 3.8) is 0 Å². The summed E-state index contributed by atoms with van der Waals surface area (Å²) in [5, 5.41) is 6.46. The molecular formula is C51H30N4O2. The number of hydrogen-bond acceptors (Lipinski definition) is 5. The van der Waals surface area contributed by atoms with Gasteiger partial charge in [-0.05, 0) is 53.6 Å². The van der Waals surface area contributed by atoms with E-state index >= 15 is 0 Å². The maximum Gasteiger partial charge on any atom is 0.164 e. The monoisotopic (exact) mass is 730 g/mol. The molecule has 57 heavy (non-hydrogen) atoms. The van der Waals surface area contributed by atoms with E-state index in [0.29, 0.717) is 17.5 Å². The van der Waals surface area contributed by atoms with Crippen molar-refractivity contribution >= 4 is 65.7 Å². The predicted octanol–water partition coefficient (Wildman–Crippen LogP) is 13.4. The molecule has 4 heterocycles. The average Bonchev–Trinajstić information content (AvgIpc) is 3.96. The van der Waals surface area contributed by atoms with Crippen LogP contribution in [0.4, 0.5) is 0 Å². The van der Waals surface area contributed by atoms with Crippen LogP contribution >= 0.6 is 0 Å². The number of furan rings is 2. The Morgan fingerprint density at radius 2 is 0.912 bits per heavy atom. The molecule has 8 aromatic carbocycles. The van der Waals surface area contributed by atoms with Crippen molar-refractivity contribution in [2.45, 2.75) is 0 Å². The minimum absolute atomic E-state index is 0.550. The fourth-order valence-electron chi connectivity index (χ4n) is 8.55. The SMILES string of the molecule is c1ccc(-c2nc(-c3cc(-c4ccccc4)c4c(c3)oc3ccccc34)nc(-c3cccc4oc5c(-n6c7ccccc7c7ccccc76)cccc5c34)n2)cc1. The molecule has 0 aliphatic heterocycles. The number of fused-ring (bicyclic) bond motifs is 9. The Bertz CT molecular complexity index is 3470. The maximum absolute atomic E-state index is 6.83. The van der Waals surface area contributed by atoms with Crippen LogP contribution in [0.2, 0.25) is 0 Å². The van der Waals surface area contributed by atoms with E-state index in [2.05, 4.69) is 126 Å². The molecule has 266 valence electrons. The van der Waals surface area contributed by atoms with Gasteiger partial charge in [0.15, 0.2) is 23.1 Å². The van der Waals surface area contributed by atoms with Crippen LogP contribution in [0.15, 0.2) is 191 Å². The van der Waals surface area contributed by atoms with Crippen LogP contribution in [0.25, 0.3) is 117 Å². The molecule has 0 unspecified atom stereocenters. The summed E-state index contributed by atoms with van der Waals surface area (Å²) in [5.41, 5.74) is 11.1. The van der Waals surface area contributed by atoms with E-state index in [0.717, 1.165) is 88.4 Å². The molecule has 12 rings (SSSR count). The standard InChI is InChI=1S/C51H30N4O2/c1-3-15-31(16-4-1)39-29-33(30-45-46(39)36-21-9-12-27-43(36)56-45)50-52-49(32-17-5-2-6-18-32)53-51(54-50)38-23-14-28-44-47(38)37-22-13-26-42(48(37)57-44)55-40-24-10-7-19-34(40)35-20-8-11-25-41(35)55/h1-30H. The largest absolute Gasteiger partial charge is 0.456 e. The molecule has 0 bridgehead atoms. The zero-order chi connectivity index (χ0) is 37.5. The molecule has 12 aromatic rings. The number of aromatic nitrogens is 4. The number of para-hydroxylation sites is 4. The third kappa shape index (κ3) is 4.87. The minimum Gasteiger partial charge on any atom is -0.456 e. The first-order chi connectivity index (χ1) is 28.3. The second-order valence-corrected chi connectivity index (χ2v) is 14.3. The molecule has 0 spiro atoms. The van der Waals surface area contributed by atoms with Gasteiger partial charge in [0.05, 0.1) is 16.7 Å². The molecule has 0 radical (unpaired) electrons. The van der Waals surface area contributed by atoms with E-state index in [1.165, 1.54) is 10.8 Å². The van der Waals surface area contributed by atoms with Crippen LogP contribution in [0.1, 0.15) is 0 Å². The van der Waals surface area contributed by atoms with Gasteiger partial charge in [0, 0.05) is 49.0 Å². The van der Waals surface area contributed by atoms with Crippen LogP contribution in [-0.2, 0) is 0 Å². The number of hydrogen-bond donors (Lipinski definition) is 0. The van der Waals surface area contributed by atoms with Gasteiger partial charge < -0.3 is 13.4 Å². The lowest BCUT2D eigenvalue weighted by atomic mass is 9.96. The van der Waals surface area contributed by atoms with Crippen LogP contribution < -0.4 is 0 Å². The molecule has 0 aliphatic carbocycles. The van der Waals surface area contributed by atoms with Crippen molar-refractivity contribution in [2.75, 3.05) is 0 Å². The third-order valence-corrected chi connectivity index (χ3v) is 11.1. The molecule has 6 heteroatoms. The van der Waals surface area contributed by atoms with E-state index in [-0.39, 0.29) is 0 Å². The molecule has 0 aliphatic rings. The van der Waals surface area contributed by atoms with Gasteiger partial charge in [-0.3, -0.25) is 0 Å². The summed E-state index contributed by atoms with van der Waals surface area (Å²) >= 11 is 0. The van der Waals surface area contributed by atoms with E-state index < -0.39 is 0 Å². The highest BCUT2D eigenvalue weighted by molar-refractivity contribution is 6.16. The molecule has 0 saturated carbocycles. The van der Waals surface area contributed by atoms with E-state index in [9.17, 15) is 0 Å². The van der Waals surface area contributed by atoms with Gasteiger partial charge in [0.1, 0.15) is 16.7 Å². The highest BCUT2D eigenvalue weighted by Gasteiger charge is 2.22. The lowest BCUT2D eigenvalue weighted by Gasteiger charge is -2.11. The Kier molecular flexibility index (Phi) is 6.83. The number of benzene rings is 8. The average molecular weight is 731 g/mol. The minimum atomic E-state index is 0.550. The number of rotatable bonds is 5. The summed E-state index contributed by atoms with van der Waals surface area (Å²) < 4.78 is 15.7. The highest BCUT2D eigenvalue weighted by Crippen LogP contribution is 2.43. The first kappa shape index (κ1) is 31.5. The second-order valence-electron chi connectivity index (χ2n) is 14.3. The second kappa shape index (κ2) is 12.3. The smallest absolute Gasteiger partial charge is 0.164 e. The summed E-state index contributed by atoms with van der Waals surface area (Å²) in [6, 6.07) is 62.5. The van der Waals surface area contributed by atoms with E-state index in [1.807, 2.05) is 60.7 Å². The van der Waals surface area contributed by atoms with E-state index in [1.54, 1.807) is 0 Å². The van der Waals surface area contributed by atoms with Crippen molar-refractivity contribution in [2.24, 2.45) is 0 Å². The Hall–Kier alpha value is -7.83. The molecule has 0 amide bonds. The van der Waals surface area contributed by atoms with Gasteiger partial charge in [-0.25, -0.2) is 15.0 Å². The van der Waals surface area contributed by atoms with Crippen molar-refractivity contribution in [3.8, 4) is 51.0 Å². The molecule has 4 aromatic heterocycles. The van der Waals surface area contributed by atoms with Crippen LogP contribution in [0.5, 0.6) is 0 Å². The summed E-state index contributed by atoms with van der Waals surface area (Å²) in [6.45, 7) is 0. The Morgan fingerprint density at radius 3 is 1.67 bits per heavy atom. The molecule has 0 atom stereocenters. The Balaban J connectivity index is 1.11. The van der Waals surface area contributed by atoms with Gasteiger partial charge in [-0.15, -0.1) is 0 Å². The van der Waals surface area contributed by atoms with Crippen LogP contribution in [-0.4, -0.2) is 19.5 Å². The van der Waals surface area contributed by atoms with Gasteiger partial charge in [0.25, 0.3) is 0 Å². The van der Waals surface area contributed by atoms with Gasteiger partial charge in [0.2, 0.25) is 0 Å². The zero-order valence-corrected chi connectivity index (χ0v) is 30.4. The predicted molar refractivity (Wildman–Crippen MR) is 230 cm³/mol. The summed E-state index contributed by atoms with van der Waals surface area (Å²) in [6.07, 6.45) is 0.